The van der Waals surface area contributed by atoms with E-state index >= 15 is 0 Å². The minimum absolute atomic E-state index is 0.156. The monoisotopic (exact) mass is 429 g/mol. The molecule has 0 heterocycles. The van der Waals surface area contributed by atoms with Crippen LogP contribution in [0.4, 0.5) is 15.3 Å². The molecule has 2 N–H and O–H groups in total. The summed E-state index contributed by atoms with van der Waals surface area (Å²) in [5, 5.41) is 5.10. The lowest BCUT2D eigenvalue weighted by Crippen LogP contribution is -2.27. The van der Waals surface area contributed by atoms with Crippen LogP contribution < -0.4 is 20.1 Å². The lowest BCUT2D eigenvalue weighted by molar-refractivity contribution is -0.114. The van der Waals surface area contributed by atoms with E-state index in [9.17, 15) is 14.4 Å². The average Bonchev–Trinajstić information content (AvgIpc) is 2.74. The van der Waals surface area contributed by atoms with Gasteiger partial charge in [-0.2, -0.15) is 0 Å². The molecule has 9 nitrogen and oxygen atoms in total. The molecule has 3 amide bonds. The third-order valence-electron chi connectivity index (χ3n) is 4.11. The van der Waals surface area contributed by atoms with Gasteiger partial charge in [0, 0.05) is 45.7 Å². The first-order chi connectivity index (χ1) is 14.8. The summed E-state index contributed by atoms with van der Waals surface area (Å²) < 4.78 is 16.7. The zero-order valence-electron chi connectivity index (χ0n) is 18.0. The van der Waals surface area contributed by atoms with Gasteiger partial charge in [-0.3, -0.25) is 4.79 Å². The van der Waals surface area contributed by atoms with Gasteiger partial charge in [0.1, 0.15) is 17.6 Å². The lowest BCUT2D eigenvalue weighted by Gasteiger charge is -2.21. The molecule has 1 atom stereocenters. The molecule has 1 unspecified atom stereocenters. The fourth-order valence-corrected chi connectivity index (χ4v) is 2.61. The lowest BCUT2D eigenvalue weighted by atomic mass is 10.1. The molecule has 2 rings (SSSR count). The molecule has 0 spiro atoms. The van der Waals surface area contributed by atoms with E-state index in [2.05, 4.69) is 10.6 Å². The van der Waals surface area contributed by atoms with E-state index in [0.717, 1.165) is 0 Å². The van der Waals surface area contributed by atoms with Gasteiger partial charge in [-0.25, -0.2) is 9.59 Å². The normalized spacial score (nSPS) is 11.1. The van der Waals surface area contributed by atoms with Crippen molar-refractivity contribution in [2.45, 2.75) is 19.4 Å². The molecule has 0 aliphatic rings. The van der Waals surface area contributed by atoms with Crippen LogP contribution in [0.5, 0.6) is 11.5 Å². The van der Waals surface area contributed by atoms with Crippen LogP contribution in [0.3, 0.4) is 0 Å². The van der Waals surface area contributed by atoms with Gasteiger partial charge in [0.05, 0.1) is 6.61 Å². The Kier molecular flexibility index (Phi) is 8.68. The molecule has 0 saturated heterocycles. The number of benzene rings is 2. The van der Waals surface area contributed by atoms with Gasteiger partial charge >= 0.3 is 12.2 Å². The Labute approximate surface area is 181 Å². The molecule has 0 aliphatic heterocycles. The summed E-state index contributed by atoms with van der Waals surface area (Å²) >= 11 is 0. The SMILES string of the molecule is CNC(=O)OC(CCOc1ccc(NC(C)=O)cc1)c1ccccc1OC(=O)N(C)C. The van der Waals surface area contributed by atoms with Crippen LogP contribution in [0.25, 0.3) is 0 Å². The Hall–Kier alpha value is -3.75. The predicted molar refractivity (Wildman–Crippen MR) is 115 cm³/mol. The molecule has 2 aromatic rings. The number of para-hydroxylation sites is 1. The van der Waals surface area contributed by atoms with Crippen LogP contribution >= 0.6 is 0 Å². The summed E-state index contributed by atoms with van der Waals surface area (Å²) in [5.74, 6) is 0.742. The van der Waals surface area contributed by atoms with E-state index < -0.39 is 18.3 Å². The first kappa shape index (κ1) is 23.5. The maximum atomic E-state index is 12.0. The van der Waals surface area contributed by atoms with E-state index in [1.165, 1.54) is 18.9 Å². The average molecular weight is 429 g/mol. The molecule has 9 heteroatoms. The second kappa shape index (κ2) is 11.4. The molecule has 31 heavy (non-hydrogen) atoms. The van der Waals surface area contributed by atoms with Crippen molar-refractivity contribution in [3.8, 4) is 11.5 Å². The Morgan fingerprint density at radius 3 is 2.32 bits per heavy atom. The zero-order chi connectivity index (χ0) is 22.8. The van der Waals surface area contributed by atoms with Crippen LogP contribution in [0.2, 0.25) is 0 Å². The third-order valence-corrected chi connectivity index (χ3v) is 4.11. The molecule has 0 saturated carbocycles. The number of hydrogen-bond acceptors (Lipinski definition) is 6. The van der Waals surface area contributed by atoms with E-state index in [-0.39, 0.29) is 12.5 Å². The number of alkyl carbamates (subject to hydrolysis) is 1. The van der Waals surface area contributed by atoms with E-state index in [1.807, 2.05) is 0 Å². The summed E-state index contributed by atoms with van der Waals surface area (Å²) in [4.78, 5) is 36.3. The number of amides is 3. The van der Waals surface area contributed by atoms with Crippen LogP contribution in [0, 0.1) is 0 Å². The van der Waals surface area contributed by atoms with Crippen molar-refractivity contribution in [3.05, 3.63) is 54.1 Å². The number of nitrogens with one attached hydrogen (secondary N) is 2. The zero-order valence-corrected chi connectivity index (χ0v) is 18.0. The molecule has 0 radical (unpaired) electrons. The number of anilines is 1. The Balaban J connectivity index is 2.10. The minimum Gasteiger partial charge on any atom is -0.493 e. The number of carbonyl (C=O) groups is 3. The molecule has 0 aliphatic carbocycles. The molecule has 166 valence electrons. The highest BCUT2D eigenvalue weighted by molar-refractivity contribution is 5.88. The molecule has 0 aromatic heterocycles. The Bertz CT molecular complexity index is 898. The number of hydrogen-bond donors (Lipinski definition) is 2. The van der Waals surface area contributed by atoms with E-state index in [4.69, 9.17) is 14.2 Å². The van der Waals surface area contributed by atoms with Crippen LogP contribution in [-0.2, 0) is 9.53 Å². The highest BCUT2D eigenvalue weighted by Gasteiger charge is 2.22. The van der Waals surface area contributed by atoms with Crippen molar-refractivity contribution in [2.24, 2.45) is 0 Å². The number of rotatable bonds is 8. The van der Waals surface area contributed by atoms with Gasteiger partial charge in [0.15, 0.2) is 0 Å². The maximum absolute atomic E-state index is 12.0. The van der Waals surface area contributed by atoms with Crippen molar-refractivity contribution in [1.29, 1.82) is 0 Å². The second-order valence-corrected chi connectivity index (χ2v) is 6.79. The first-order valence-corrected chi connectivity index (χ1v) is 9.67. The largest absolute Gasteiger partial charge is 0.493 e. The summed E-state index contributed by atoms with van der Waals surface area (Å²) in [5.41, 5.74) is 1.21. The van der Waals surface area contributed by atoms with Gasteiger partial charge < -0.3 is 29.7 Å². The van der Waals surface area contributed by atoms with Crippen molar-refractivity contribution in [2.75, 3.05) is 33.1 Å². The highest BCUT2D eigenvalue weighted by Crippen LogP contribution is 2.31. The van der Waals surface area contributed by atoms with Crippen molar-refractivity contribution < 1.29 is 28.6 Å². The quantitative estimate of drug-likeness (QED) is 0.664. The van der Waals surface area contributed by atoms with Crippen molar-refractivity contribution in [3.63, 3.8) is 0 Å². The molecule has 0 bridgehead atoms. The third kappa shape index (κ3) is 7.54. The summed E-state index contributed by atoms with van der Waals surface area (Å²) in [6, 6.07) is 13.8. The standard InChI is InChI=1S/C22H27N3O6/c1-15(26)24-16-9-11-17(12-10-16)29-14-13-20(30-21(27)23-2)18-7-5-6-8-19(18)31-22(28)25(3)4/h5-12,20H,13-14H2,1-4H3,(H,23,27)(H,24,26). The van der Waals surface area contributed by atoms with E-state index in [0.29, 0.717) is 29.2 Å². The Morgan fingerprint density at radius 1 is 1.03 bits per heavy atom. The van der Waals surface area contributed by atoms with E-state index in [1.54, 1.807) is 62.6 Å². The van der Waals surface area contributed by atoms with Crippen LogP contribution in [-0.4, -0.2) is 50.7 Å². The summed E-state index contributed by atoms with van der Waals surface area (Å²) in [7, 11) is 4.62. The molecular formula is C22H27N3O6. The smallest absolute Gasteiger partial charge is 0.414 e. The van der Waals surface area contributed by atoms with Crippen molar-refractivity contribution in [1.82, 2.24) is 10.2 Å². The molecule has 0 fully saturated rings. The number of nitrogens with zero attached hydrogens (tertiary/aromatic N) is 1. The van der Waals surface area contributed by atoms with Crippen LogP contribution in [0.1, 0.15) is 25.0 Å². The number of ether oxygens (including phenoxy) is 3. The Morgan fingerprint density at radius 2 is 1.71 bits per heavy atom. The van der Waals surface area contributed by atoms with Gasteiger partial charge in [-0.1, -0.05) is 18.2 Å². The van der Waals surface area contributed by atoms with Gasteiger partial charge in [-0.05, 0) is 30.3 Å². The maximum Gasteiger partial charge on any atom is 0.414 e. The first-order valence-electron chi connectivity index (χ1n) is 9.67. The minimum atomic E-state index is -0.704. The highest BCUT2D eigenvalue weighted by atomic mass is 16.6. The van der Waals surface area contributed by atoms with Gasteiger partial charge in [0.2, 0.25) is 5.91 Å². The summed E-state index contributed by atoms with van der Waals surface area (Å²) in [6.45, 7) is 1.67. The van der Waals surface area contributed by atoms with Crippen LogP contribution in [0.15, 0.2) is 48.5 Å². The fourth-order valence-electron chi connectivity index (χ4n) is 2.61. The fraction of sp³-hybridized carbons (Fsp3) is 0.318. The summed E-state index contributed by atoms with van der Waals surface area (Å²) in [6.07, 6.45) is -1.54. The second-order valence-electron chi connectivity index (χ2n) is 6.79. The predicted octanol–water partition coefficient (Wildman–Crippen LogP) is 3.57. The topological polar surface area (TPSA) is 106 Å². The van der Waals surface area contributed by atoms with Crippen molar-refractivity contribution >= 4 is 23.8 Å². The van der Waals surface area contributed by atoms with Gasteiger partial charge in [-0.15, -0.1) is 0 Å². The van der Waals surface area contributed by atoms with Gasteiger partial charge in [0.25, 0.3) is 0 Å². The molecular weight excluding hydrogens is 402 g/mol. The number of carbonyl (C=O) groups excluding carboxylic acids is 3. The molecule has 2 aromatic carbocycles.